The Kier molecular flexibility index (Phi) is 4.74. The molecule has 0 fully saturated rings. The molecule has 0 N–H and O–H groups in total. The van der Waals surface area contributed by atoms with Crippen molar-refractivity contribution in [1.82, 2.24) is 9.78 Å². The van der Waals surface area contributed by atoms with E-state index >= 15 is 0 Å². The average molecular weight is 332 g/mol. The molecule has 3 nitrogen and oxygen atoms in total. The van der Waals surface area contributed by atoms with Crippen LogP contribution < -0.4 is 0 Å². The maximum Gasteiger partial charge on any atom is 0.155 e. The van der Waals surface area contributed by atoms with Crippen molar-refractivity contribution < 1.29 is 4.79 Å². The first kappa shape index (κ1) is 15.4. The second-order valence-corrected chi connectivity index (χ2v) is 6.08. The summed E-state index contributed by atoms with van der Waals surface area (Å²) >= 11 is 18.3. The summed E-state index contributed by atoms with van der Waals surface area (Å²) in [6.07, 6.45) is 1.40. The Bertz CT molecular complexity index is 650. The van der Waals surface area contributed by atoms with Crippen LogP contribution in [0.3, 0.4) is 0 Å². The molecule has 1 aromatic heterocycles. The average Bonchev–Trinajstić information content (AvgIpc) is 2.65. The van der Waals surface area contributed by atoms with Crippen molar-refractivity contribution in [1.29, 1.82) is 0 Å². The van der Waals surface area contributed by atoms with Crippen LogP contribution in [0.1, 0.15) is 29.9 Å². The van der Waals surface area contributed by atoms with Crippen molar-refractivity contribution in [2.75, 3.05) is 0 Å². The van der Waals surface area contributed by atoms with Gasteiger partial charge in [0.25, 0.3) is 0 Å². The number of hydrogen-bond donors (Lipinski definition) is 0. The number of carbonyl (C=O) groups is 1. The molecular weight excluding hydrogens is 319 g/mol. The molecule has 0 unspecified atom stereocenters. The molecule has 2 aromatic rings. The third kappa shape index (κ3) is 3.00. The quantitative estimate of drug-likeness (QED) is 0.751. The van der Waals surface area contributed by atoms with E-state index in [0.29, 0.717) is 39.3 Å². The maximum absolute atomic E-state index is 11.2. The zero-order chi connectivity index (χ0) is 14.9. The number of benzene rings is 1. The molecule has 0 aliphatic carbocycles. The number of aldehydes is 1. The minimum Gasteiger partial charge on any atom is -0.298 e. The zero-order valence-electron chi connectivity index (χ0n) is 11.0. The van der Waals surface area contributed by atoms with Crippen LogP contribution in [-0.4, -0.2) is 16.1 Å². The summed E-state index contributed by atoms with van der Waals surface area (Å²) < 4.78 is 1.47. The van der Waals surface area contributed by atoms with Gasteiger partial charge < -0.3 is 0 Å². The predicted octanol–water partition coefficient (Wildman–Crippen LogP) is 4.84. The smallest absolute Gasteiger partial charge is 0.155 e. The van der Waals surface area contributed by atoms with Gasteiger partial charge in [0.2, 0.25) is 0 Å². The van der Waals surface area contributed by atoms with E-state index in [1.165, 1.54) is 4.68 Å². The second kappa shape index (κ2) is 6.17. The topological polar surface area (TPSA) is 34.9 Å². The fraction of sp³-hybridized carbons (Fsp3) is 0.286. The second-order valence-electron chi connectivity index (χ2n) is 4.87. The van der Waals surface area contributed by atoms with Gasteiger partial charge in [0, 0.05) is 5.02 Å². The van der Waals surface area contributed by atoms with E-state index < -0.39 is 0 Å². The van der Waals surface area contributed by atoms with Crippen LogP contribution in [0.5, 0.6) is 0 Å². The highest BCUT2D eigenvalue weighted by atomic mass is 35.5. The minimum atomic E-state index is 0.264. The molecule has 0 radical (unpaired) electrons. The summed E-state index contributed by atoms with van der Waals surface area (Å²) in [5.41, 5.74) is 1.68. The zero-order valence-corrected chi connectivity index (χ0v) is 13.3. The molecule has 0 saturated carbocycles. The lowest BCUT2D eigenvalue weighted by Gasteiger charge is -2.06. The normalized spacial score (nSPS) is 11.1. The van der Waals surface area contributed by atoms with Gasteiger partial charge in [0.1, 0.15) is 5.15 Å². The molecular formula is C14H13Cl3N2O. The number of hydrogen-bond acceptors (Lipinski definition) is 2. The van der Waals surface area contributed by atoms with Crippen LogP contribution in [-0.2, 0) is 6.42 Å². The molecule has 1 heterocycles. The SMILES string of the molecule is CC(C)Cc1nn(-c2ccc(Cl)cc2Cl)c(Cl)c1C=O. The molecule has 0 saturated heterocycles. The van der Waals surface area contributed by atoms with Gasteiger partial charge in [-0.3, -0.25) is 4.79 Å². The van der Waals surface area contributed by atoms with Crippen LogP contribution in [0.2, 0.25) is 15.2 Å². The first-order valence-electron chi connectivity index (χ1n) is 6.12. The largest absolute Gasteiger partial charge is 0.298 e. The van der Waals surface area contributed by atoms with Crippen molar-refractivity contribution in [3.8, 4) is 5.69 Å². The summed E-state index contributed by atoms with van der Waals surface area (Å²) in [7, 11) is 0. The molecule has 1 aromatic carbocycles. The first-order valence-corrected chi connectivity index (χ1v) is 7.25. The molecule has 6 heteroatoms. The van der Waals surface area contributed by atoms with Crippen LogP contribution >= 0.6 is 34.8 Å². The molecule has 0 amide bonds. The highest BCUT2D eigenvalue weighted by Crippen LogP contribution is 2.29. The number of nitrogens with zero attached hydrogens (tertiary/aromatic N) is 2. The fourth-order valence-corrected chi connectivity index (χ4v) is 2.69. The minimum absolute atomic E-state index is 0.264. The van der Waals surface area contributed by atoms with Gasteiger partial charge in [-0.1, -0.05) is 48.7 Å². The molecule has 0 spiro atoms. The van der Waals surface area contributed by atoms with Gasteiger partial charge in [-0.2, -0.15) is 5.10 Å². The third-order valence-corrected chi connectivity index (χ3v) is 3.70. The number of carbonyl (C=O) groups excluding carboxylic acids is 1. The van der Waals surface area contributed by atoms with Crippen molar-refractivity contribution in [2.45, 2.75) is 20.3 Å². The fourth-order valence-electron chi connectivity index (χ4n) is 1.92. The molecule has 106 valence electrons. The van der Waals surface area contributed by atoms with Crippen LogP contribution in [0, 0.1) is 5.92 Å². The molecule has 20 heavy (non-hydrogen) atoms. The van der Waals surface area contributed by atoms with Gasteiger partial charge in [0.15, 0.2) is 6.29 Å². The lowest BCUT2D eigenvalue weighted by atomic mass is 10.1. The van der Waals surface area contributed by atoms with Crippen LogP contribution in [0.25, 0.3) is 5.69 Å². The third-order valence-electron chi connectivity index (χ3n) is 2.80. The lowest BCUT2D eigenvalue weighted by molar-refractivity contribution is 0.112. The Hall–Kier alpha value is -1.03. The van der Waals surface area contributed by atoms with Crippen molar-refractivity contribution in [3.63, 3.8) is 0 Å². The molecule has 0 atom stereocenters. The van der Waals surface area contributed by atoms with E-state index in [4.69, 9.17) is 34.8 Å². The monoisotopic (exact) mass is 330 g/mol. The number of aromatic nitrogens is 2. The molecule has 2 rings (SSSR count). The standard InChI is InChI=1S/C14H13Cl3N2O/c1-8(2)5-12-10(7-20)14(17)19(18-12)13-4-3-9(15)6-11(13)16/h3-4,6-8H,5H2,1-2H3. The van der Waals surface area contributed by atoms with Gasteiger partial charge in [-0.15, -0.1) is 0 Å². The number of halogens is 3. The summed E-state index contributed by atoms with van der Waals surface area (Å²) in [5.74, 6) is 0.369. The summed E-state index contributed by atoms with van der Waals surface area (Å²) in [6, 6.07) is 5.03. The van der Waals surface area contributed by atoms with E-state index in [1.54, 1.807) is 18.2 Å². The lowest BCUT2D eigenvalue weighted by Crippen LogP contribution is -2.00. The van der Waals surface area contributed by atoms with Crippen molar-refractivity contribution in [2.24, 2.45) is 5.92 Å². The maximum atomic E-state index is 11.2. The molecule has 0 aliphatic heterocycles. The highest BCUT2D eigenvalue weighted by Gasteiger charge is 2.19. The first-order chi connectivity index (χ1) is 9.43. The van der Waals surface area contributed by atoms with Crippen LogP contribution in [0.4, 0.5) is 0 Å². The van der Waals surface area contributed by atoms with E-state index in [9.17, 15) is 4.79 Å². The van der Waals surface area contributed by atoms with E-state index in [1.807, 2.05) is 0 Å². The summed E-state index contributed by atoms with van der Waals surface area (Å²) in [4.78, 5) is 11.2. The summed E-state index contributed by atoms with van der Waals surface area (Å²) in [5, 5.41) is 5.63. The van der Waals surface area contributed by atoms with Crippen molar-refractivity contribution >= 4 is 41.1 Å². The Balaban J connectivity index is 2.57. The Morgan fingerprint density at radius 3 is 2.55 bits per heavy atom. The highest BCUT2D eigenvalue weighted by molar-refractivity contribution is 6.36. The number of rotatable bonds is 4. The Labute approximate surface area is 132 Å². The van der Waals surface area contributed by atoms with Gasteiger partial charge in [-0.25, -0.2) is 4.68 Å². The summed E-state index contributed by atoms with van der Waals surface area (Å²) in [6.45, 7) is 4.10. The predicted molar refractivity (Wildman–Crippen MR) is 82.5 cm³/mol. The Morgan fingerprint density at radius 1 is 1.30 bits per heavy atom. The van der Waals surface area contributed by atoms with Crippen molar-refractivity contribution in [3.05, 3.63) is 44.7 Å². The van der Waals surface area contributed by atoms with Gasteiger partial charge in [-0.05, 0) is 30.5 Å². The van der Waals surface area contributed by atoms with Crippen LogP contribution in [0.15, 0.2) is 18.2 Å². The van der Waals surface area contributed by atoms with Gasteiger partial charge >= 0.3 is 0 Å². The molecule has 0 aliphatic rings. The van der Waals surface area contributed by atoms with Gasteiger partial charge in [0.05, 0.1) is 22.0 Å². The van der Waals surface area contributed by atoms with E-state index in [2.05, 4.69) is 18.9 Å². The van der Waals surface area contributed by atoms with E-state index in [-0.39, 0.29) is 5.15 Å². The van der Waals surface area contributed by atoms with E-state index in [0.717, 1.165) is 6.29 Å². The Morgan fingerprint density at radius 2 is 2.00 bits per heavy atom. The molecule has 0 bridgehead atoms.